The maximum atomic E-state index is 12.4. The van der Waals surface area contributed by atoms with Gasteiger partial charge in [0, 0.05) is 24.7 Å². The lowest BCUT2D eigenvalue weighted by molar-refractivity contribution is 0.0746. The van der Waals surface area contributed by atoms with Gasteiger partial charge in [-0.2, -0.15) is 0 Å². The fraction of sp³-hybridized carbons (Fsp3) is 0.500. The summed E-state index contributed by atoms with van der Waals surface area (Å²) in [4.78, 5) is 1.47. The van der Waals surface area contributed by atoms with Crippen LogP contribution in [0.3, 0.4) is 0 Å². The average molecular weight is 279 g/mol. The Morgan fingerprint density at radius 3 is 2.61 bits per heavy atom. The van der Waals surface area contributed by atoms with Gasteiger partial charge in [-0.05, 0) is 17.2 Å². The summed E-state index contributed by atoms with van der Waals surface area (Å²) in [6, 6.07) is 5.33. The van der Waals surface area contributed by atoms with Crippen LogP contribution < -0.4 is 5.73 Å². The van der Waals surface area contributed by atoms with E-state index in [4.69, 9.17) is 22.4 Å². The van der Waals surface area contributed by atoms with Crippen LogP contribution in [0.25, 0.3) is 0 Å². The van der Waals surface area contributed by atoms with E-state index >= 15 is 0 Å². The third-order valence-corrected chi connectivity index (χ3v) is 2.91. The van der Waals surface area contributed by atoms with Gasteiger partial charge in [0.2, 0.25) is 0 Å². The molecule has 0 saturated carbocycles. The summed E-state index contributed by atoms with van der Waals surface area (Å²) in [7, 11) is 0. The molecule has 0 atom stereocenters. The first-order valence-electron chi connectivity index (χ1n) is 5.65. The van der Waals surface area contributed by atoms with Crippen molar-refractivity contribution in [2.24, 2.45) is 5.73 Å². The Hall–Kier alpha value is -0.750. The van der Waals surface area contributed by atoms with Gasteiger partial charge in [-0.25, -0.2) is 8.78 Å². The van der Waals surface area contributed by atoms with Crippen molar-refractivity contribution in [3.05, 3.63) is 34.3 Å². The molecule has 0 aliphatic rings. The Morgan fingerprint density at radius 1 is 1.39 bits per heavy atom. The maximum absolute atomic E-state index is 12.4. The topological polar surface area (TPSA) is 49.5 Å². The second-order valence-electron chi connectivity index (χ2n) is 3.98. The predicted molar refractivity (Wildman–Crippen MR) is 67.7 cm³/mol. The molecule has 0 bridgehead atoms. The van der Waals surface area contributed by atoms with E-state index in [0.29, 0.717) is 11.6 Å². The Bertz CT molecular complexity index is 377. The van der Waals surface area contributed by atoms with Crippen molar-refractivity contribution < 1.29 is 13.9 Å². The van der Waals surface area contributed by atoms with Gasteiger partial charge >= 0.3 is 0 Å². The van der Waals surface area contributed by atoms with Crippen molar-refractivity contribution in [3.8, 4) is 0 Å². The molecule has 3 N–H and O–H groups in total. The van der Waals surface area contributed by atoms with Crippen LogP contribution in [0, 0.1) is 0 Å². The lowest BCUT2D eigenvalue weighted by Gasteiger charge is -2.21. The molecular formula is C12H17ClF2N2O. The number of hydrogen-bond acceptors (Lipinski definition) is 3. The van der Waals surface area contributed by atoms with Crippen LogP contribution in [0.5, 0.6) is 0 Å². The Morgan fingerprint density at radius 2 is 2.11 bits per heavy atom. The van der Waals surface area contributed by atoms with Crippen molar-refractivity contribution >= 4 is 11.6 Å². The van der Waals surface area contributed by atoms with Crippen LogP contribution in [0.4, 0.5) is 8.78 Å². The molecule has 0 fully saturated rings. The molecule has 1 aromatic carbocycles. The maximum Gasteiger partial charge on any atom is 0.251 e. The van der Waals surface area contributed by atoms with Gasteiger partial charge in [0.25, 0.3) is 6.43 Å². The summed E-state index contributed by atoms with van der Waals surface area (Å²) in [6.07, 6.45) is -2.43. The molecule has 1 rings (SSSR count). The highest BCUT2D eigenvalue weighted by Crippen LogP contribution is 2.20. The molecule has 0 aliphatic heterocycles. The van der Waals surface area contributed by atoms with Gasteiger partial charge in [-0.3, -0.25) is 4.90 Å². The molecule has 18 heavy (non-hydrogen) atoms. The first-order chi connectivity index (χ1) is 8.56. The highest BCUT2D eigenvalue weighted by Gasteiger charge is 2.13. The summed E-state index contributed by atoms with van der Waals surface area (Å²) in [5.41, 5.74) is 7.13. The minimum Gasteiger partial charge on any atom is -0.395 e. The van der Waals surface area contributed by atoms with Crippen molar-refractivity contribution in [2.75, 3.05) is 19.7 Å². The SMILES string of the molecule is NCc1ccc(CN(CCO)CC(F)F)c(Cl)c1. The van der Waals surface area contributed by atoms with Gasteiger partial charge in [0.05, 0.1) is 13.2 Å². The molecule has 0 spiro atoms. The van der Waals surface area contributed by atoms with Gasteiger partial charge < -0.3 is 10.8 Å². The molecular weight excluding hydrogens is 262 g/mol. The van der Waals surface area contributed by atoms with E-state index in [2.05, 4.69) is 0 Å². The lowest BCUT2D eigenvalue weighted by atomic mass is 10.1. The zero-order valence-corrected chi connectivity index (χ0v) is 10.7. The third kappa shape index (κ3) is 4.86. The highest BCUT2D eigenvalue weighted by molar-refractivity contribution is 6.31. The zero-order chi connectivity index (χ0) is 13.5. The fourth-order valence-electron chi connectivity index (χ4n) is 1.66. The molecule has 6 heteroatoms. The van der Waals surface area contributed by atoms with E-state index in [-0.39, 0.29) is 26.2 Å². The number of aliphatic hydroxyl groups excluding tert-OH is 1. The van der Waals surface area contributed by atoms with E-state index in [1.54, 1.807) is 12.1 Å². The standard InChI is InChI=1S/C12H17ClF2N2O/c13-11-5-9(6-16)1-2-10(11)7-17(3-4-18)8-12(14)15/h1-2,5,12,18H,3-4,6-8,16H2. The molecule has 0 unspecified atom stereocenters. The molecule has 0 aromatic heterocycles. The van der Waals surface area contributed by atoms with Crippen molar-refractivity contribution in [3.63, 3.8) is 0 Å². The van der Waals surface area contributed by atoms with E-state index in [1.165, 1.54) is 4.90 Å². The van der Waals surface area contributed by atoms with Crippen molar-refractivity contribution in [2.45, 2.75) is 19.5 Å². The van der Waals surface area contributed by atoms with Crippen molar-refractivity contribution in [1.29, 1.82) is 0 Å². The number of nitrogens with zero attached hydrogens (tertiary/aromatic N) is 1. The largest absolute Gasteiger partial charge is 0.395 e. The number of hydrogen-bond donors (Lipinski definition) is 2. The van der Waals surface area contributed by atoms with E-state index in [0.717, 1.165) is 11.1 Å². The Kier molecular flexibility index (Phi) is 6.49. The summed E-state index contributed by atoms with van der Waals surface area (Å²) in [5.74, 6) is 0. The monoisotopic (exact) mass is 278 g/mol. The number of rotatable bonds is 7. The smallest absolute Gasteiger partial charge is 0.251 e. The Balaban J connectivity index is 2.73. The molecule has 0 heterocycles. The quantitative estimate of drug-likeness (QED) is 0.800. The normalized spacial score (nSPS) is 11.5. The number of halogens is 3. The van der Waals surface area contributed by atoms with E-state index in [9.17, 15) is 8.78 Å². The van der Waals surface area contributed by atoms with Crippen LogP contribution in [0.2, 0.25) is 5.02 Å². The number of alkyl halides is 2. The number of benzene rings is 1. The number of aliphatic hydroxyl groups is 1. The Labute approximate surface area is 110 Å². The predicted octanol–water partition coefficient (Wildman–Crippen LogP) is 1.86. The van der Waals surface area contributed by atoms with Crippen molar-refractivity contribution in [1.82, 2.24) is 4.90 Å². The van der Waals surface area contributed by atoms with Crippen LogP contribution in [0.15, 0.2) is 18.2 Å². The summed E-state index contributed by atoms with van der Waals surface area (Å²) in [6.45, 7) is 0.325. The lowest BCUT2D eigenvalue weighted by Crippen LogP contribution is -2.31. The molecule has 1 aromatic rings. The molecule has 3 nitrogen and oxygen atoms in total. The minimum atomic E-state index is -2.43. The second kappa shape index (κ2) is 7.63. The van der Waals surface area contributed by atoms with E-state index < -0.39 is 6.43 Å². The second-order valence-corrected chi connectivity index (χ2v) is 4.39. The summed E-state index contributed by atoms with van der Waals surface area (Å²) >= 11 is 6.06. The fourth-order valence-corrected chi connectivity index (χ4v) is 1.92. The molecule has 0 aliphatic carbocycles. The molecule has 0 radical (unpaired) electrons. The summed E-state index contributed by atoms with van der Waals surface area (Å²) < 4.78 is 24.7. The molecule has 0 saturated heterocycles. The van der Waals surface area contributed by atoms with E-state index in [1.807, 2.05) is 6.07 Å². The highest BCUT2D eigenvalue weighted by atomic mass is 35.5. The van der Waals surface area contributed by atoms with Crippen LogP contribution >= 0.6 is 11.6 Å². The van der Waals surface area contributed by atoms with Gasteiger partial charge in [0.15, 0.2) is 0 Å². The zero-order valence-electron chi connectivity index (χ0n) is 9.95. The van der Waals surface area contributed by atoms with Crippen LogP contribution in [0.1, 0.15) is 11.1 Å². The van der Waals surface area contributed by atoms with Crippen LogP contribution in [-0.4, -0.2) is 36.1 Å². The van der Waals surface area contributed by atoms with Gasteiger partial charge in [-0.15, -0.1) is 0 Å². The van der Waals surface area contributed by atoms with Gasteiger partial charge in [-0.1, -0.05) is 23.7 Å². The van der Waals surface area contributed by atoms with Crippen LogP contribution in [-0.2, 0) is 13.1 Å². The average Bonchev–Trinajstić information content (AvgIpc) is 2.31. The molecule has 102 valence electrons. The first kappa shape index (κ1) is 15.3. The first-order valence-corrected chi connectivity index (χ1v) is 6.03. The van der Waals surface area contributed by atoms with Gasteiger partial charge in [0.1, 0.15) is 0 Å². The number of nitrogens with two attached hydrogens (primary N) is 1. The minimum absolute atomic E-state index is 0.161. The summed E-state index contributed by atoms with van der Waals surface area (Å²) in [5, 5.41) is 9.35. The molecule has 0 amide bonds. The third-order valence-electron chi connectivity index (χ3n) is 2.56.